The van der Waals surface area contributed by atoms with Crippen LogP contribution in [-0.4, -0.2) is 27.8 Å². The van der Waals surface area contributed by atoms with Gasteiger partial charge in [0.2, 0.25) is 0 Å². The Labute approximate surface area is 279 Å². The van der Waals surface area contributed by atoms with Crippen LogP contribution in [0, 0.1) is 5.92 Å². The first-order valence-corrected chi connectivity index (χ1v) is 17.1. The number of thioether (sulfide) groups is 1. The van der Waals surface area contributed by atoms with E-state index in [2.05, 4.69) is 118 Å². The Balaban J connectivity index is 0.000000340. The van der Waals surface area contributed by atoms with Crippen LogP contribution in [0.25, 0.3) is 44.2 Å². The number of aromatic amines is 1. The van der Waals surface area contributed by atoms with Crippen LogP contribution in [0.3, 0.4) is 0 Å². The van der Waals surface area contributed by atoms with Crippen molar-refractivity contribution in [2.24, 2.45) is 5.92 Å². The molecule has 0 saturated heterocycles. The summed E-state index contributed by atoms with van der Waals surface area (Å²) in [6.07, 6.45) is 7.68. The first-order valence-electron chi connectivity index (χ1n) is 16.1. The zero-order valence-corrected chi connectivity index (χ0v) is 26.9. The highest BCUT2D eigenvalue weighted by molar-refractivity contribution is 7.98. The van der Waals surface area contributed by atoms with Gasteiger partial charge in [0.1, 0.15) is 11.9 Å². The number of carbonyl (C=O) groups is 1. The minimum absolute atomic E-state index is 0.417. The van der Waals surface area contributed by atoms with E-state index in [4.69, 9.17) is 4.98 Å². The maximum absolute atomic E-state index is 9.93. The molecule has 0 amide bonds. The molecule has 232 valence electrons. The number of nitrogens with zero attached hydrogens (tertiary/aromatic N) is 2. The van der Waals surface area contributed by atoms with E-state index in [-0.39, 0.29) is 0 Å². The molecule has 3 aromatic heterocycles. The van der Waals surface area contributed by atoms with E-state index in [1.165, 1.54) is 56.5 Å². The summed E-state index contributed by atoms with van der Waals surface area (Å²) in [5.74, 6) is 1.78. The van der Waals surface area contributed by atoms with Crippen molar-refractivity contribution in [1.29, 1.82) is 0 Å². The van der Waals surface area contributed by atoms with Crippen molar-refractivity contribution < 1.29 is 4.79 Å². The third-order valence-electron chi connectivity index (χ3n) is 8.40. The van der Waals surface area contributed by atoms with Crippen LogP contribution in [0.2, 0.25) is 0 Å². The number of fused-ring (bicyclic) bond motifs is 3. The van der Waals surface area contributed by atoms with Gasteiger partial charge in [0.15, 0.2) is 0 Å². The SMILES string of the molecule is O=CCc1ccccn1.c1ccc(SCc2ccc3[nH]c4ncc(-c5ccc(NCC6CC6)cc5)c(-c5ccccc5)c4c3c2)cc1. The molecule has 7 aromatic rings. The lowest BCUT2D eigenvalue weighted by atomic mass is 9.92. The number of hydrogen-bond acceptors (Lipinski definition) is 5. The fraction of sp³-hybridized carbons (Fsp3) is 0.146. The first-order chi connectivity index (χ1) is 23.2. The monoisotopic (exact) mass is 632 g/mol. The Hall–Kier alpha value is -5.20. The van der Waals surface area contributed by atoms with Crippen LogP contribution < -0.4 is 5.32 Å². The normalized spacial score (nSPS) is 12.4. The first kappa shape index (κ1) is 30.5. The zero-order valence-electron chi connectivity index (χ0n) is 26.1. The summed E-state index contributed by atoms with van der Waals surface area (Å²) in [6.45, 7) is 1.07. The fourth-order valence-electron chi connectivity index (χ4n) is 5.76. The Bertz CT molecular complexity index is 2070. The molecule has 1 fully saturated rings. The number of benzene rings is 4. The third-order valence-corrected chi connectivity index (χ3v) is 9.49. The molecule has 0 atom stereocenters. The molecule has 0 aliphatic heterocycles. The summed E-state index contributed by atoms with van der Waals surface area (Å²) in [7, 11) is 0. The standard InChI is InChI=1S/C34H29N3S.C7H7NO/c1-3-7-26(8-4-1)32-30(25-14-16-27(17-15-25)35-20-23-11-12-23)21-36-34-33(32)29-19-24(13-18-31(29)37-34)22-38-28-9-5-2-6-10-28;9-6-4-7-3-1-2-5-8-7/h1-10,13-19,21,23,35H,11-12,20,22H2,(H,36,37);1-3,5-6H,4H2. The van der Waals surface area contributed by atoms with Crippen LogP contribution >= 0.6 is 11.8 Å². The summed E-state index contributed by atoms with van der Waals surface area (Å²) < 4.78 is 0. The van der Waals surface area contributed by atoms with Crippen molar-refractivity contribution in [2.75, 3.05) is 11.9 Å². The molecule has 0 spiro atoms. The molecule has 1 aliphatic carbocycles. The molecule has 5 nitrogen and oxygen atoms in total. The zero-order chi connectivity index (χ0) is 31.8. The van der Waals surface area contributed by atoms with Gasteiger partial charge in [-0.1, -0.05) is 72.8 Å². The molecule has 6 heteroatoms. The van der Waals surface area contributed by atoms with Gasteiger partial charge in [-0.2, -0.15) is 0 Å². The van der Waals surface area contributed by atoms with E-state index in [0.29, 0.717) is 6.42 Å². The van der Waals surface area contributed by atoms with Crippen LogP contribution in [-0.2, 0) is 17.0 Å². The number of carbonyl (C=O) groups excluding carboxylic acids is 1. The van der Waals surface area contributed by atoms with E-state index < -0.39 is 0 Å². The van der Waals surface area contributed by atoms with Gasteiger partial charge in [-0.05, 0) is 84.0 Å². The molecule has 1 saturated carbocycles. The number of anilines is 1. The van der Waals surface area contributed by atoms with Crippen LogP contribution in [0.4, 0.5) is 5.69 Å². The van der Waals surface area contributed by atoms with E-state index in [1.807, 2.05) is 36.2 Å². The summed E-state index contributed by atoms with van der Waals surface area (Å²) >= 11 is 1.87. The quantitative estimate of drug-likeness (QED) is 0.116. The van der Waals surface area contributed by atoms with Crippen molar-refractivity contribution in [2.45, 2.75) is 29.9 Å². The number of H-pyrrole nitrogens is 1. The van der Waals surface area contributed by atoms with Gasteiger partial charge >= 0.3 is 0 Å². The number of aldehydes is 1. The van der Waals surface area contributed by atoms with Gasteiger partial charge in [0.25, 0.3) is 0 Å². The van der Waals surface area contributed by atoms with Crippen molar-refractivity contribution in [3.05, 3.63) is 145 Å². The maximum atomic E-state index is 9.93. The number of nitrogens with one attached hydrogen (secondary N) is 2. The second-order valence-electron chi connectivity index (χ2n) is 11.8. The Morgan fingerprint density at radius 3 is 2.30 bits per heavy atom. The highest BCUT2D eigenvalue weighted by atomic mass is 32.2. The molecule has 0 unspecified atom stereocenters. The smallest absolute Gasteiger partial charge is 0.138 e. The van der Waals surface area contributed by atoms with Crippen molar-refractivity contribution in [3.63, 3.8) is 0 Å². The Morgan fingerprint density at radius 2 is 1.57 bits per heavy atom. The number of hydrogen-bond donors (Lipinski definition) is 2. The molecule has 0 bridgehead atoms. The summed E-state index contributed by atoms with van der Waals surface area (Å²) in [5.41, 5.74) is 10.1. The van der Waals surface area contributed by atoms with Crippen molar-refractivity contribution in [3.8, 4) is 22.3 Å². The predicted octanol–water partition coefficient (Wildman–Crippen LogP) is 9.99. The van der Waals surface area contributed by atoms with Crippen LogP contribution in [0.5, 0.6) is 0 Å². The van der Waals surface area contributed by atoms with Gasteiger partial charge in [-0.3, -0.25) is 4.98 Å². The highest BCUT2D eigenvalue weighted by Gasteiger charge is 2.21. The second kappa shape index (κ2) is 14.5. The van der Waals surface area contributed by atoms with Gasteiger partial charge < -0.3 is 15.1 Å². The Kier molecular flexibility index (Phi) is 9.38. The average molecular weight is 633 g/mol. The highest BCUT2D eigenvalue weighted by Crippen LogP contribution is 2.41. The number of rotatable bonds is 10. The molecule has 47 heavy (non-hydrogen) atoms. The summed E-state index contributed by atoms with van der Waals surface area (Å²) in [5, 5.41) is 6.00. The lowest BCUT2D eigenvalue weighted by Crippen LogP contribution is -2.02. The number of pyridine rings is 2. The minimum Gasteiger partial charge on any atom is -0.385 e. The molecular weight excluding hydrogens is 597 g/mol. The molecule has 1 aliphatic rings. The molecule has 2 N–H and O–H groups in total. The molecule has 8 rings (SSSR count). The van der Waals surface area contributed by atoms with Gasteiger partial charge in [0.05, 0.1) is 0 Å². The Morgan fingerprint density at radius 1 is 0.809 bits per heavy atom. The van der Waals surface area contributed by atoms with Gasteiger partial charge in [-0.15, -0.1) is 11.8 Å². The number of aromatic nitrogens is 3. The molecule has 3 heterocycles. The van der Waals surface area contributed by atoms with E-state index in [9.17, 15) is 4.79 Å². The maximum Gasteiger partial charge on any atom is 0.138 e. The van der Waals surface area contributed by atoms with Gasteiger partial charge in [-0.25, -0.2) is 4.98 Å². The predicted molar refractivity (Wildman–Crippen MR) is 196 cm³/mol. The van der Waals surface area contributed by atoms with Gasteiger partial charge in [0, 0.05) is 74.8 Å². The minimum atomic E-state index is 0.417. The summed E-state index contributed by atoms with van der Waals surface area (Å²) in [6, 6.07) is 42.5. The van der Waals surface area contributed by atoms with E-state index in [1.54, 1.807) is 6.20 Å². The largest absolute Gasteiger partial charge is 0.385 e. The third kappa shape index (κ3) is 7.45. The van der Waals surface area contributed by atoms with E-state index >= 15 is 0 Å². The lowest BCUT2D eigenvalue weighted by molar-refractivity contribution is -0.107. The average Bonchev–Trinajstić information content (AvgIpc) is 3.90. The van der Waals surface area contributed by atoms with Crippen LogP contribution in [0.15, 0.2) is 139 Å². The second-order valence-corrected chi connectivity index (χ2v) is 12.9. The summed E-state index contributed by atoms with van der Waals surface area (Å²) in [4.78, 5) is 23.7. The molecule has 4 aromatic carbocycles. The topological polar surface area (TPSA) is 70.7 Å². The van der Waals surface area contributed by atoms with Crippen molar-refractivity contribution in [1.82, 2.24) is 15.0 Å². The molecule has 0 radical (unpaired) electrons. The van der Waals surface area contributed by atoms with E-state index in [0.717, 1.165) is 46.9 Å². The van der Waals surface area contributed by atoms with Crippen LogP contribution in [0.1, 0.15) is 24.1 Å². The molecular formula is C41H36N4OS. The lowest BCUT2D eigenvalue weighted by Gasteiger charge is -2.13. The van der Waals surface area contributed by atoms with Crippen molar-refractivity contribution >= 4 is 45.7 Å². The fourth-order valence-corrected chi connectivity index (χ4v) is 6.62.